The topological polar surface area (TPSA) is 51.8 Å². The van der Waals surface area contributed by atoms with Crippen molar-refractivity contribution in [2.75, 3.05) is 0 Å². The molecule has 0 unspecified atom stereocenters. The van der Waals surface area contributed by atoms with Gasteiger partial charge in [-0.3, -0.25) is 0 Å². The van der Waals surface area contributed by atoms with Crippen molar-refractivity contribution in [3.8, 4) is 67.5 Å². The molecule has 11 aromatic rings. The Morgan fingerprint density at radius 2 is 0.842 bits per heavy atom. The lowest BCUT2D eigenvalue weighted by molar-refractivity contribution is 0.670. The van der Waals surface area contributed by atoms with Gasteiger partial charge < -0.3 is 4.42 Å². The highest BCUT2D eigenvalue weighted by Crippen LogP contribution is 2.41. The van der Waals surface area contributed by atoms with E-state index >= 15 is 0 Å². The highest BCUT2D eigenvalue weighted by molar-refractivity contribution is 6.15. The van der Waals surface area contributed by atoms with Crippen LogP contribution in [-0.2, 0) is 0 Å². The molecule has 0 spiro atoms. The highest BCUT2D eigenvalue weighted by Gasteiger charge is 2.18. The maximum absolute atomic E-state index is 6.61. The van der Waals surface area contributed by atoms with Crippen molar-refractivity contribution in [3.63, 3.8) is 0 Å². The molecule has 0 amide bonds. The summed E-state index contributed by atoms with van der Waals surface area (Å²) in [5, 5.41) is 6.88. The zero-order valence-electron chi connectivity index (χ0n) is 30.8. The Bertz CT molecular complexity index is 3290. The summed E-state index contributed by atoms with van der Waals surface area (Å²) in [7, 11) is 0. The van der Waals surface area contributed by atoms with Crippen molar-refractivity contribution in [1.82, 2.24) is 15.0 Å². The van der Waals surface area contributed by atoms with Crippen LogP contribution in [-0.4, -0.2) is 15.0 Å². The fraction of sp³-hybridized carbons (Fsp3) is 0. The van der Waals surface area contributed by atoms with Crippen LogP contribution in [0.1, 0.15) is 0 Å². The first kappa shape index (κ1) is 32.7. The first-order valence-electron chi connectivity index (χ1n) is 19.2. The van der Waals surface area contributed by atoms with E-state index in [1.54, 1.807) is 0 Å². The Morgan fingerprint density at radius 1 is 0.298 bits per heavy atom. The van der Waals surface area contributed by atoms with Gasteiger partial charge in [0, 0.05) is 33.0 Å². The molecule has 4 nitrogen and oxygen atoms in total. The van der Waals surface area contributed by atoms with Crippen LogP contribution >= 0.6 is 0 Å². The number of para-hydroxylation sites is 1. The summed E-state index contributed by atoms with van der Waals surface area (Å²) in [6, 6.07) is 69.8. The molecule has 0 aliphatic heterocycles. The van der Waals surface area contributed by atoms with E-state index in [1.807, 2.05) is 6.07 Å². The van der Waals surface area contributed by atoms with E-state index in [-0.39, 0.29) is 0 Å². The second-order valence-electron chi connectivity index (χ2n) is 14.4. The maximum Gasteiger partial charge on any atom is 0.164 e. The van der Waals surface area contributed by atoms with Gasteiger partial charge in [0.05, 0.1) is 0 Å². The molecular formula is C53H33N3O. The number of rotatable bonds is 6. The first-order valence-corrected chi connectivity index (χ1v) is 19.2. The third kappa shape index (κ3) is 5.83. The Kier molecular flexibility index (Phi) is 7.78. The molecule has 11 rings (SSSR count). The van der Waals surface area contributed by atoms with E-state index in [2.05, 4.69) is 194 Å². The second-order valence-corrected chi connectivity index (χ2v) is 14.4. The number of benzene rings is 9. The molecule has 0 aliphatic rings. The summed E-state index contributed by atoms with van der Waals surface area (Å²) >= 11 is 0. The molecule has 2 aromatic heterocycles. The molecule has 2 heterocycles. The van der Waals surface area contributed by atoms with Crippen molar-refractivity contribution in [3.05, 3.63) is 200 Å². The predicted octanol–water partition coefficient (Wildman–Crippen LogP) is 14.1. The molecule has 9 aromatic carbocycles. The fourth-order valence-electron chi connectivity index (χ4n) is 8.11. The van der Waals surface area contributed by atoms with Crippen LogP contribution in [0, 0.1) is 0 Å². The average molecular weight is 728 g/mol. The van der Waals surface area contributed by atoms with Crippen LogP contribution in [0.4, 0.5) is 0 Å². The molecule has 0 N–H and O–H groups in total. The monoisotopic (exact) mass is 727 g/mol. The van der Waals surface area contributed by atoms with Gasteiger partial charge in [-0.1, -0.05) is 182 Å². The Hall–Kier alpha value is -7.69. The third-order valence-corrected chi connectivity index (χ3v) is 10.9. The molecule has 57 heavy (non-hydrogen) atoms. The number of furan rings is 1. The van der Waals surface area contributed by atoms with Gasteiger partial charge in [-0.25, -0.2) is 15.0 Å². The van der Waals surface area contributed by atoms with Gasteiger partial charge in [0.25, 0.3) is 0 Å². The minimum absolute atomic E-state index is 0.611. The van der Waals surface area contributed by atoms with E-state index < -0.39 is 0 Å². The van der Waals surface area contributed by atoms with Gasteiger partial charge in [0.2, 0.25) is 0 Å². The smallest absolute Gasteiger partial charge is 0.164 e. The molecule has 4 heteroatoms. The van der Waals surface area contributed by atoms with Crippen LogP contribution < -0.4 is 0 Å². The molecular weight excluding hydrogens is 695 g/mol. The van der Waals surface area contributed by atoms with Gasteiger partial charge in [-0.05, 0) is 67.6 Å². The van der Waals surface area contributed by atoms with E-state index in [1.165, 1.54) is 16.3 Å². The average Bonchev–Trinajstić information content (AvgIpc) is 3.68. The summed E-state index contributed by atoms with van der Waals surface area (Å²) in [5.41, 5.74) is 11.2. The van der Waals surface area contributed by atoms with Gasteiger partial charge in [0.1, 0.15) is 11.2 Å². The van der Waals surface area contributed by atoms with Gasteiger partial charge in [-0.15, -0.1) is 0 Å². The van der Waals surface area contributed by atoms with Gasteiger partial charge >= 0.3 is 0 Å². The van der Waals surface area contributed by atoms with Crippen molar-refractivity contribution in [2.45, 2.75) is 0 Å². The SMILES string of the molecule is c1ccc(-c2cccc3oc4c(-c5ccc(-c6nc(-c7cccc(-c8ccc9ccccc9c8)c7)nc(-c7cccc8ccccc78)n6)cc5)cccc4c23)cc1. The summed E-state index contributed by atoms with van der Waals surface area (Å²) in [6.45, 7) is 0. The second kappa shape index (κ2) is 13.6. The van der Waals surface area contributed by atoms with Crippen molar-refractivity contribution in [1.29, 1.82) is 0 Å². The Morgan fingerprint density at radius 3 is 1.72 bits per heavy atom. The minimum Gasteiger partial charge on any atom is -0.455 e. The van der Waals surface area contributed by atoms with Crippen molar-refractivity contribution in [2.24, 2.45) is 0 Å². The van der Waals surface area contributed by atoms with E-state index in [9.17, 15) is 0 Å². The standard InChI is InChI=1S/C53H33N3O/c1-2-13-36(14-3-1)44-21-11-25-48-49(44)47-24-10-22-45(50(47)57-48)37-27-29-38(30-28-37)51-54-52(56-53(55-51)46-23-9-17-35-15-6-7-20-43(35)46)42-19-8-18-40(33-42)41-31-26-34-12-4-5-16-39(34)32-41/h1-33H. The lowest BCUT2D eigenvalue weighted by Gasteiger charge is -2.12. The zero-order valence-corrected chi connectivity index (χ0v) is 30.8. The number of fused-ring (bicyclic) bond motifs is 5. The Labute approximate surface area is 329 Å². The Balaban J connectivity index is 1.03. The highest BCUT2D eigenvalue weighted by atomic mass is 16.3. The van der Waals surface area contributed by atoms with Gasteiger partial charge in [-0.2, -0.15) is 0 Å². The normalized spacial score (nSPS) is 11.5. The van der Waals surface area contributed by atoms with Crippen molar-refractivity contribution < 1.29 is 4.42 Å². The minimum atomic E-state index is 0.611. The van der Waals surface area contributed by atoms with Crippen LogP contribution in [0.2, 0.25) is 0 Å². The quantitative estimate of drug-likeness (QED) is 0.171. The summed E-state index contributed by atoms with van der Waals surface area (Å²) in [6.07, 6.45) is 0. The lowest BCUT2D eigenvalue weighted by Crippen LogP contribution is -2.00. The molecule has 266 valence electrons. The molecule has 0 bridgehead atoms. The molecule has 0 saturated carbocycles. The zero-order chi connectivity index (χ0) is 37.7. The number of nitrogens with zero attached hydrogens (tertiary/aromatic N) is 3. The fourth-order valence-corrected chi connectivity index (χ4v) is 8.11. The van der Waals surface area contributed by atoms with E-state index in [0.717, 1.165) is 77.2 Å². The maximum atomic E-state index is 6.61. The summed E-state index contributed by atoms with van der Waals surface area (Å²) in [4.78, 5) is 15.4. The molecule has 0 atom stereocenters. The first-order chi connectivity index (χ1) is 28.2. The predicted molar refractivity (Wildman–Crippen MR) is 235 cm³/mol. The van der Waals surface area contributed by atoms with Crippen LogP contribution in [0.5, 0.6) is 0 Å². The van der Waals surface area contributed by atoms with Crippen LogP contribution in [0.25, 0.3) is 111 Å². The number of hydrogen-bond donors (Lipinski definition) is 0. The molecule has 0 aliphatic carbocycles. The summed E-state index contributed by atoms with van der Waals surface area (Å²) < 4.78 is 6.61. The third-order valence-electron chi connectivity index (χ3n) is 10.9. The number of aromatic nitrogens is 3. The van der Waals surface area contributed by atoms with Crippen LogP contribution in [0.15, 0.2) is 205 Å². The van der Waals surface area contributed by atoms with Crippen molar-refractivity contribution >= 4 is 43.5 Å². The largest absolute Gasteiger partial charge is 0.455 e. The van der Waals surface area contributed by atoms with E-state index in [4.69, 9.17) is 19.4 Å². The molecule has 0 fully saturated rings. The summed E-state index contributed by atoms with van der Waals surface area (Å²) in [5.74, 6) is 1.87. The molecule has 0 radical (unpaired) electrons. The lowest BCUT2D eigenvalue weighted by atomic mass is 9.97. The number of hydrogen-bond acceptors (Lipinski definition) is 4. The molecule has 0 saturated heterocycles. The van der Waals surface area contributed by atoms with E-state index in [0.29, 0.717) is 17.5 Å². The van der Waals surface area contributed by atoms with Gasteiger partial charge in [0.15, 0.2) is 17.5 Å². The van der Waals surface area contributed by atoms with Crippen LogP contribution in [0.3, 0.4) is 0 Å².